The van der Waals surface area contributed by atoms with E-state index in [0.717, 1.165) is 24.9 Å². The van der Waals surface area contributed by atoms with Crippen LogP contribution in [0.25, 0.3) is 0 Å². The lowest BCUT2D eigenvalue weighted by molar-refractivity contribution is -0.385. The van der Waals surface area contributed by atoms with Gasteiger partial charge in [-0.15, -0.1) is 0 Å². The van der Waals surface area contributed by atoms with Gasteiger partial charge in [0.05, 0.1) is 8.49 Å². The smallest absolute Gasteiger partial charge is 0.282 e. The summed E-state index contributed by atoms with van der Waals surface area (Å²) in [5.41, 5.74) is 1.02. The molecule has 2 unspecified atom stereocenters. The van der Waals surface area contributed by atoms with Crippen LogP contribution in [0.4, 0.5) is 11.4 Å². The van der Waals surface area contributed by atoms with E-state index in [4.69, 9.17) is 0 Å². The van der Waals surface area contributed by atoms with Gasteiger partial charge in [0.2, 0.25) is 0 Å². The number of hydrogen-bond acceptors (Lipinski definition) is 4. The fraction of sp³-hybridized carbons (Fsp3) is 0.538. The van der Waals surface area contributed by atoms with Gasteiger partial charge in [0, 0.05) is 30.3 Å². The topological polar surface area (TPSA) is 75.4 Å². The summed E-state index contributed by atoms with van der Waals surface area (Å²) in [6, 6.07) is 5.32. The third-order valence-corrected chi connectivity index (χ3v) is 4.50. The van der Waals surface area contributed by atoms with Crippen LogP contribution in [-0.4, -0.2) is 22.7 Å². The molecule has 2 rings (SSSR count). The van der Waals surface area contributed by atoms with Gasteiger partial charge in [0.25, 0.3) is 5.69 Å². The standard InChI is InChI=1S/C13H17IN2O3/c14-11-7-10(5-6-13(11)16(18)19)15-12-4-2-1-3-9(12)8-17/h5-7,9,12,15,17H,1-4,8H2. The number of nitrogens with zero attached hydrogens (tertiary/aromatic N) is 1. The Labute approximate surface area is 125 Å². The second kappa shape index (κ2) is 6.51. The zero-order chi connectivity index (χ0) is 13.8. The lowest BCUT2D eigenvalue weighted by Crippen LogP contribution is -2.34. The van der Waals surface area contributed by atoms with Gasteiger partial charge in [-0.1, -0.05) is 12.8 Å². The van der Waals surface area contributed by atoms with Crippen molar-refractivity contribution in [2.75, 3.05) is 11.9 Å². The summed E-state index contributed by atoms with van der Waals surface area (Å²) in [7, 11) is 0. The molecule has 6 heteroatoms. The van der Waals surface area contributed by atoms with Crippen LogP contribution in [0.15, 0.2) is 18.2 Å². The molecule has 0 aromatic heterocycles. The maximum absolute atomic E-state index is 10.8. The van der Waals surface area contributed by atoms with Crippen LogP contribution in [0, 0.1) is 19.6 Å². The molecule has 2 atom stereocenters. The van der Waals surface area contributed by atoms with Crippen LogP contribution in [-0.2, 0) is 0 Å². The highest BCUT2D eigenvalue weighted by molar-refractivity contribution is 14.1. The first kappa shape index (κ1) is 14.5. The molecular formula is C13H17IN2O3. The first-order chi connectivity index (χ1) is 9.11. The number of benzene rings is 1. The molecule has 1 saturated carbocycles. The fourth-order valence-corrected chi connectivity index (χ4v) is 3.29. The van der Waals surface area contributed by atoms with E-state index >= 15 is 0 Å². The number of aliphatic hydroxyl groups excluding tert-OH is 1. The third-order valence-electron chi connectivity index (χ3n) is 3.64. The Hall–Kier alpha value is -0.890. The van der Waals surface area contributed by atoms with Gasteiger partial charge in [0.1, 0.15) is 0 Å². The summed E-state index contributed by atoms with van der Waals surface area (Å²) in [5.74, 6) is 0.279. The van der Waals surface area contributed by atoms with Gasteiger partial charge in [-0.05, 0) is 47.6 Å². The van der Waals surface area contributed by atoms with Crippen molar-refractivity contribution in [2.45, 2.75) is 31.7 Å². The van der Waals surface area contributed by atoms with Crippen LogP contribution >= 0.6 is 22.6 Å². The second-order valence-corrected chi connectivity index (χ2v) is 6.06. The van der Waals surface area contributed by atoms with E-state index in [0.29, 0.717) is 3.57 Å². The van der Waals surface area contributed by atoms with E-state index in [2.05, 4.69) is 5.32 Å². The molecule has 104 valence electrons. The number of hydrogen-bond donors (Lipinski definition) is 2. The second-order valence-electron chi connectivity index (χ2n) is 4.90. The number of anilines is 1. The van der Waals surface area contributed by atoms with Crippen molar-refractivity contribution in [3.8, 4) is 0 Å². The number of nitro benzene ring substituents is 1. The van der Waals surface area contributed by atoms with Crippen molar-refractivity contribution in [3.63, 3.8) is 0 Å². The van der Waals surface area contributed by atoms with Crippen LogP contribution < -0.4 is 5.32 Å². The first-order valence-corrected chi connectivity index (χ1v) is 7.51. The third kappa shape index (κ3) is 3.56. The molecule has 1 fully saturated rings. The zero-order valence-electron chi connectivity index (χ0n) is 10.5. The number of aliphatic hydroxyl groups is 1. The maximum atomic E-state index is 10.8. The van der Waals surface area contributed by atoms with Crippen LogP contribution in [0.3, 0.4) is 0 Å². The Kier molecular flexibility index (Phi) is 4.98. The Balaban J connectivity index is 2.10. The number of rotatable bonds is 4. The number of nitrogens with one attached hydrogen (secondary N) is 1. The SMILES string of the molecule is O=[N+]([O-])c1ccc(NC2CCCCC2CO)cc1I. The van der Waals surface area contributed by atoms with Gasteiger partial charge >= 0.3 is 0 Å². The summed E-state index contributed by atoms with van der Waals surface area (Å²) in [6.07, 6.45) is 4.41. The molecule has 0 saturated heterocycles. The largest absolute Gasteiger partial charge is 0.396 e. The van der Waals surface area contributed by atoms with E-state index < -0.39 is 0 Å². The molecule has 0 bridgehead atoms. The molecule has 0 heterocycles. The predicted octanol–water partition coefficient (Wildman–Crippen LogP) is 3.16. The average molecular weight is 376 g/mol. The van der Waals surface area contributed by atoms with Crippen LogP contribution in [0.1, 0.15) is 25.7 Å². The summed E-state index contributed by atoms with van der Waals surface area (Å²) in [4.78, 5) is 10.4. The van der Waals surface area contributed by atoms with E-state index in [-0.39, 0.29) is 29.2 Å². The fourth-order valence-electron chi connectivity index (χ4n) is 2.58. The van der Waals surface area contributed by atoms with Crippen LogP contribution in [0.5, 0.6) is 0 Å². The highest BCUT2D eigenvalue weighted by Gasteiger charge is 2.24. The van der Waals surface area contributed by atoms with Crippen molar-refractivity contribution in [1.29, 1.82) is 0 Å². The minimum Gasteiger partial charge on any atom is -0.396 e. The Bertz CT molecular complexity index is 467. The molecule has 5 nitrogen and oxygen atoms in total. The quantitative estimate of drug-likeness (QED) is 0.481. The molecule has 1 aliphatic rings. The molecule has 1 aliphatic carbocycles. The van der Waals surface area contributed by atoms with Gasteiger partial charge in [-0.25, -0.2) is 0 Å². The summed E-state index contributed by atoms with van der Waals surface area (Å²) >= 11 is 1.98. The van der Waals surface area contributed by atoms with Gasteiger partial charge in [0.15, 0.2) is 0 Å². The van der Waals surface area contributed by atoms with E-state index in [9.17, 15) is 15.2 Å². The van der Waals surface area contributed by atoms with Crippen molar-refractivity contribution in [1.82, 2.24) is 0 Å². The van der Waals surface area contributed by atoms with Gasteiger partial charge in [-0.3, -0.25) is 10.1 Å². The Morgan fingerprint density at radius 2 is 2.16 bits per heavy atom. The van der Waals surface area contributed by atoms with E-state index in [1.807, 2.05) is 22.6 Å². The molecule has 0 aliphatic heterocycles. The van der Waals surface area contributed by atoms with Crippen molar-refractivity contribution < 1.29 is 10.0 Å². The lowest BCUT2D eigenvalue weighted by Gasteiger charge is -2.31. The van der Waals surface area contributed by atoms with Gasteiger partial charge in [-0.2, -0.15) is 0 Å². The minimum atomic E-state index is -0.372. The summed E-state index contributed by atoms with van der Waals surface area (Å²) < 4.78 is 0.629. The molecule has 0 amide bonds. The Morgan fingerprint density at radius 1 is 1.42 bits per heavy atom. The number of nitro groups is 1. The highest BCUT2D eigenvalue weighted by Crippen LogP contribution is 2.29. The predicted molar refractivity (Wildman–Crippen MR) is 82.3 cm³/mol. The molecule has 0 radical (unpaired) electrons. The van der Waals surface area contributed by atoms with Crippen molar-refractivity contribution in [3.05, 3.63) is 31.9 Å². The molecule has 1 aromatic rings. The monoisotopic (exact) mass is 376 g/mol. The zero-order valence-corrected chi connectivity index (χ0v) is 12.7. The summed E-state index contributed by atoms with van der Waals surface area (Å²) in [6.45, 7) is 0.196. The Morgan fingerprint density at radius 3 is 2.79 bits per heavy atom. The van der Waals surface area contributed by atoms with Crippen molar-refractivity contribution in [2.24, 2.45) is 5.92 Å². The molecule has 2 N–H and O–H groups in total. The first-order valence-electron chi connectivity index (χ1n) is 6.43. The van der Waals surface area contributed by atoms with Crippen molar-refractivity contribution >= 4 is 34.0 Å². The lowest BCUT2D eigenvalue weighted by atomic mass is 9.85. The molecule has 19 heavy (non-hydrogen) atoms. The minimum absolute atomic E-state index is 0.133. The van der Waals surface area contributed by atoms with Gasteiger partial charge < -0.3 is 10.4 Å². The normalized spacial score (nSPS) is 23.1. The molecular weight excluding hydrogens is 359 g/mol. The van der Waals surface area contributed by atoms with Crippen LogP contribution in [0.2, 0.25) is 0 Å². The summed E-state index contributed by atoms with van der Waals surface area (Å²) in [5, 5.41) is 23.6. The van der Waals surface area contributed by atoms with E-state index in [1.54, 1.807) is 12.1 Å². The maximum Gasteiger partial charge on any atom is 0.282 e. The highest BCUT2D eigenvalue weighted by atomic mass is 127. The number of halogens is 1. The molecule has 1 aromatic carbocycles. The van der Waals surface area contributed by atoms with E-state index in [1.165, 1.54) is 12.5 Å². The molecule has 0 spiro atoms. The average Bonchev–Trinajstić information content (AvgIpc) is 2.39.